The Morgan fingerprint density at radius 1 is 1.53 bits per heavy atom. The molecule has 1 unspecified atom stereocenters. The molecular weight excluding hydrogens is 216 g/mol. The fourth-order valence-corrected chi connectivity index (χ4v) is 1.45. The molecule has 1 aliphatic rings. The number of hydrogen-bond donors (Lipinski definition) is 2. The first kappa shape index (κ1) is 14.5. The summed E-state index contributed by atoms with van der Waals surface area (Å²) in [6.07, 6.45) is 2.00. The van der Waals surface area contributed by atoms with Gasteiger partial charge in [0.05, 0.1) is 0 Å². The van der Waals surface area contributed by atoms with Gasteiger partial charge in [0.2, 0.25) is 0 Å². The van der Waals surface area contributed by atoms with E-state index in [9.17, 15) is 4.79 Å². The van der Waals surface area contributed by atoms with Crippen molar-refractivity contribution in [3.8, 4) is 0 Å². The normalized spacial score (nSPS) is 20.6. The molecule has 0 bridgehead atoms. The summed E-state index contributed by atoms with van der Waals surface area (Å²) in [5, 5.41) is 6.06. The Hall–Kier alpha value is -0.480. The Bertz CT molecular complexity index is 198. The molecule has 0 aliphatic carbocycles. The van der Waals surface area contributed by atoms with Gasteiger partial charge in [0, 0.05) is 12.6 Å². The van der Waals surface area contributed by atoms with Gasteiger partial charge >= 0.3 is 6.09 Å². The second-order valence-corrected chi connectivity index (χ2v) is 4.68. The maximum atomic E-state index is 11.3. The van der Waals surface area contributed by atoms with Crippen LogP contribution < -0.4 is 10.6 Å². The third-order valence-electron chi connectivity index (χ3n) is 2.05. The van der Waals surface area contributed by atoms with E-state index in [-0.39, 0.29) is 18.5 Å². The second-order valence-electron chi connectivity index (χ2n) is 4.68. The molecule has 1 fully saturated rings. The van der Waals surface area contributed by atoms with E-state index in [1.807, 2.05) is 20.8 Å². The Morgan fingerprint density at radius 3 is 2.67 bits per heavy atom. The Morgan fingerprint density at radius 2 is 2.20 bits per heavy atom. The highest BCUT2D eigenvalue weighted by Crippen LogP contribution is 2.07. The van der Waals surface area contributed by atoms with E-state index in [0.29, 0.717) is 12.6 Å². The Kier molecular flexibility index (Phi) is 5.98. The van der Waals surface area contributed by atoms with E-state index in [4.69, 9.17) is 4.74 Å². The fourth-order valence-electron chi connectivity index (χ4n) is 1.45. The average molecular weight is 237 g/mol. The SMILES string of the molecule is CC(C)(C)OC(=O)NCC1CCCN1.Cl. The number of ether oxygens (including phenoxy) is 1. The van der Waals surface area contributed by atoms with Crippen LogP contribution in [0.4, 0.5) is 4.79 Å². The van der Waals surface area contributed by atoms with Crippen molar-refractivity contribution in [1.29, 1.82) is 0 Å². The first-order valence-corrected chi connectivity index (χ1v) is 5.17. The van der Waals surface area contributed by atoms with Crippen LogP contribution in [0.3, 0.4) is 0 Å². The molecule has 1 heterocycles. The van der Waals surface area contributed by atoms with Crippen molar-refractivity contribution in [2.45, 2.75) is 45.3 Å². The summed E-state index contributed by atoms with van der Waals surface area (Å²) in [6.45, 7) is 7.30. The van der Waals surface area contributed by atoms with Crippen LogP contribution in [0, 0.1) is 0 Å². The molecule has 0 aromatic heterocycles. The zero-order valence-corrected chi connectivity index (χ0v) is 10.4. The summed E-state index contributed by atoms with van der Waals surface area (Å²) in [4.78, 5) is 11.3. The monoisotopic (exact) mass is 236 g/mol. The van der Waals surface area contributed by atoms with Gasteiger partial charge in [-0.1, -0.05) is 0 Å². The molecule has 0 aromatic carbocycles. The predicted octanol–water partition coefficient (Wildman–Crippen LogP) is 1.68. The molecule has 0 radical (unpaired) electrons. The molecule has 1 atom stereocenters. The zero-order chi connectivity index (χ0) is 10.6. The third kappa shape index (κ3) is 6.57. The van der Waals surface area contributed by atoms with Gasteiger partial charge in [0.1, 0.15) is 5.60 Å². The maximum absolute atomic E-state index is 11.3. The molecule has 1 amide bonds. The van der Waals surface area contributed by atoms with Gasteiger partial charge in [-0.05, 0) is 40.2 Å². The minimum atomic E-state index is -0.410. The van der Waals surface area contributed by atoms with E-state index in [1.165, 1.54) is 6.42 Å². The van der Waals surface area contributed by atoms with Crippen LogP contribution in [0.2, 0.25) is 0 Å². The van der Waals surface area contributed by atoms with Gasteiger partial charge < -0.3 is 15.4 Å². The molecule has 5 heteroatoms. The summed E-state index contributed by atoms with van der Waals surface area (Å²) in [7, 11) is 0. The summed E-state index contributed by atoms with van der Waals surface area (Å²) < 4.78 is 5.12. The minimum absolute atomic E-state index is 0. The average Bonchev–Trinajstić information content (AvgIpc) is 2.49. The topological polar surface area (TPSA) is 50.4 Å². The molecule has 15 heavy (non-hydrogen) atoms. The fraction of sp³-hybridized carbons (Fsp3) is 0.900. The van der Waals surface area contributed by atoms with E-state index in [1.54, 1.807) is 0 Å². The number of nitrogens with one attached hydrogen (secondary N) is 2. The molecule has 2 N–H and O–H groups in total. The van der Waals surface area contributed by atoms with Gasteiger partial charge in [-0.15, -0.1) is 12.4 Å². The number of alkyl carbamates (subject to hydrolysis) is 1. The first-order chi connectivity index (χ1) is 6.47. The maximum Gasteiger partial charge on any atom is 0.407 e. The molecule has 1 rings (SSSR count). The molecule has 1 aliphatic heterocycles. The number of rotatable bonds is 2. The van der Waals surface area contributed by atoms with Crippen LogP contribution in [0.5, 0.6) is 0 Å². The lowest BCUT2D eigenvalue weighted by molar-refractivity contribution is 0.0523. The summed E-state index contributed by atoms with van der Waals surface area (Å²) in [5.74, 6) is 0. The van der Waals surface area contributed by atoms with Crippen LogP contribution in [0.1, 0.15) is 33.6 Å². The molecule has 0 saturated carbocycles. The highest BCUT2D eigenvalue weighted by molar-refractivity contribution is 5.85. The van der Waals surface area contributed by atoms with Gasteiger partial charge in [-0.2, -0.15) is 0 Å². The number of carbonyl (C=O) groups excluding carboxylic acids is 1. The van der Waals surface area contributed by atoms with E-state index >= 15 is 0 Å². The van der Waals surface area contributed by atoms with Crippen molar-refractivity contribution in [3.05, 3.63) is 0 Å². The van der Waals surface area contributed by atoms with E-state index < -0.39 is 5.60 Å². The number of hydrogen-bond acceptors (Lipinski definition) is 3. The lowest BCUT2D eigenvalue weighted by Gasteiger charge is -2.20. The summed E-state index contributed by atoms with van der Waals surface area (Å²) in [6, 6.07) is 0.419. The van der Waals surface area contributed by atoms with Gasteiger partial charge in [0.25, 0.3) is 0 Å². The lowest BCUT2D eigenvalue weighted by Crippen LogP contribution is -2.39. The standard InChI is InChI=1S/C10H20N2O2.ClH/c1-10(2,3)14-9(13)12-7-8-5-4-6-11-8;/h8,11H,4-7H2,1-3H3,(H,12,13);1H. The molecule has 1 saturated heterocycles. The van der Waals surface area contributed by atoms with E-state index in [0.717, 1.165) is 13.0 Å². The third-order valence-corrected chi connectivity index (χ3v) is 2.05. The smallest absolute Gasteiger partial charge is 0.407 e. The summed E-state index contributed by atoms with van der Waals surface area (Å²) in [5.41, 5.74) is -0.410. The first-order valence-electron chi connectivity index (χ1n) is 5.17. The summed E-state index contributed by atoms with van der Waals surface area (Å²) >= 11 is 0. The van der Waals surface area contributed by atoms with Crippen LogP contribution >= 0.6 is 12.4 Å². The van der Waals surface area contributed by atoms with Crippen LogP contribution in [-0.4, -0.2) is 30.8 Å². The predicted molar refractivity (Wildman–Crippen MR) is 62.5 cm³/mol. The lowest BCUT2D eigenvalue weighted by atomic mass is 10.2. The Labute approximate surface area is 97.5 Å². The van der Waals surface area contributed by atoms with Gasteiger partial charge in [-0.25, -0.2) is 4.79 Å². The van der Waals surface area contributed by atoms with Crippen LogP contribution in [0.25, 0.3) is 0 Å². The quantitative estimate of drug-likeness (QED) is 0.767. The highest BCUT2D eigenvalue weighted by atomic mass is 35.5. The van der Waals surface area contributed by atoms with E-state index in [2.05, 4.69) is 10.6 Å². The van der Waals surface area contributed by atoms with Crippen molar-refractivity contribution in [2.24, 2.45) is 0 Å². The van der Waals surface area contributed by atoms with Crippen molar-refractivity contribution in [2.75, 3.05) is 13.1 Å². The number of halogens is 1. The number of amides is 1. The molecule has 4 nitrogen and oxygen atoms in total. The van der Waals surface area contributed by atoms with Gasteiger partial charge in [-0.3, -0.25) is 0 Å². The zero-order valence-electron chi connectivity index (χ0n) is 9.63. The van der Waals surface area contributed by atoms with Crippen molar-refractivity contribution in [1.82, 2.24) is 10.6 Å². The van der Waals surface area contributed by atoms with Crippen LogP contribution in [-0.2, 0) is 4.74 Å². The van der Waals surface area contributed by atoms with Crippen molar-refractivity contribution >= 4 is 18.5 Å². The Balaban J connectivity index is 0.00000196. The largest absolute Gasteiger partial charge is 0.444 e. The number of carbonyl (C=O) groups is 1. The van der Waals surface area contributed by atoms with Crippen molar-refractivity contribution in [3.63, 3.8) is 0 Å². The van der Waals surface area contributed by atoms with Crippen molar-refractivity contribution < 1.29 is 9.53 Å². The molecule has 0 spiro atoms. The second kappa shape index (κ2) is 6.18. The molecule has 0 aromatic rings. The highest BCUT2D eigenvalue weighted by Gasteiger charge is 2.18. The minimum Gasteiger partial charge on any atom is -0.444 e. The van der Waals surface area contributed by atoms with Crippen LogP contribution in [0.15, 0.2) is 0 Å². The van der Waals surface area contributed by atoms with Gasteiger partial charge in [0.15, 0.2) is 0 Å². The molecule has 90 valence electrons. The molecular formula is C10H21ClN2O2.